The molecule has 0 N–H and O–H groups in total. The van der Waals surface area contributed by atoms with E-state index in [1.807, 2.05) is 13.8 Å². The summed E-state index contributed by atoms with van der Waals surface area (Å²) in [7, 11) is -1.58. The van der Waals surface area contributed by atoms with Crippen molar-refractivity contribution in [2.45, 2.75) is 123 Å². The van der Waals surface area contributed by atoms with Crippen LogP contribution in [0.2, 0.25) is 19.1 Å². The lowest BCUT2D eigenvalue weighted by Crippen LogP contribution is -2.41. The molecule has 1 saturated heterocycles. The molecule has 1 aliphatic carbocycles. The van der Waals surface area contributed by atoms with Crippen molar-refractivity contribution in [3.63, 3.8) is 0 Å². The molecule has 3 rings (SSSR count). The maximum atomic E-state index is 12.1. The molecule has 2 fully saturated rings. The Morgan fingerprint density at radius 1 is 1.00 bits per heavy atom. The SMILES string of the molecule is C=C(C)C(=O)OCC(CCC[Si](C)(C)c1ccc(C2CCC(CCCCC)CC2)cc1)COCC1COC(C)(C)OC1. The maximum absolute atomic E-state index is 12.1. The summed E-state index contributed by atoms with van der Waals surface area (Å²) in [6.45, 7) is 19.4. The minimum atomic E-state index is -1.58. The highest BCUT2D eigenvalue weighted by Crippen LogP contribution is 2.37. The molecule has 1 aromatic carbocycles. The first-order valence-corrected chi connectivity index (χ1v) is 20.0. The van der Waals surface area contributed by atoms with E-state index in [1.54, 1.807) is 17.7 Å². The monoisotopic (exact) mass is 600 g/mol. The Labute approximate surface area is 258 Å². The summed E-state index contributed by atoms with van der Waals surface area (Å²) in [5, 5.41) is 1.54. The quantitative estimate of drug-likeness (QED) is 0.0778. The van der Waals surface area contributed by atoms with E-state index in [4.69, 9.17) is 18.9 Å². The molecule has 0 amide bonds. The summed E-state index contributed by atoms with van der Waals surface area (Å²) in [4.78, 5) is 12.1. The largest absolute Gasteiger partial charge is 0.462 e. The smallest absolute Gasteiger partial charge is 0.333 e. The van der Waals surface area contributed by atoms with Gasteiger partial charge in [-0.05, 0) is 70.3 Å². The molecule has 1 saturated carbocycles. The van der Waals surface area contributed by atoms with Crippen LogP contribution in [-0.2, 0) is 23.7 Å². The molecule has 1 unspecified atom stereocenters. The van der Waals surface area contributed by atoms with Gasteiger partial charge in [0.05, 0.1) is 41.1 Å². The van der Waals surface area contributed by atoms with Crippen molar-refractivity contribution in [3.05, 3.63) is 42.0 Å². The predicted molar refractivity (Wildman–Crippen MR) is 176 cm³/mol. The first kappa shape index (κ1) is 35.0. The van der Waals surface area contributed by atoms with Crippen molar-refractivity contribution < 1.29 is 23.7 Å². The molecule has 0 aromatic heterocycles. The number of rotatable bonds is 17. The van der Waals surface area contributed by atoms with E-state index < -0.39 is 13.9 Å². The van der Waals surface area contributed by atoms with E-state index in [1.165, 1.54) is 57.4 Å². The number of unbranched alkanes of at least 4 members (excludes halogenated alkanes) is 2. The second-order valence-corrected chi connectivity index (χ2v) is 19.1. The third kappa shape index (κ3) is 11.9. The Bertz CT molecular complexity index is 938. The van der Waals surface area contributed by atoms with Gasteiger partial charge in [0.25, 0.3) is 0 Å². The fourth-order valence-corrected chi connectivity index (χ4v) is 8.85. The molecule has 238 valence electrons. The van der Waals surface area contributed by atoms with Crippen LogP contribution in [0, 0.1) is 17.8 Å². The first-order chi connectivity index (χ1) is 20.0. The molecule has 1 atom stereocenters. The Hall–Kier alpha value is -1.47. The molecule has 0 spiro atoms. The lowest BCUT2D eigenvalue weighted by Gasteiger charge is -2.35. The van der Waals surface area contributed by atoms with Gasteiger partial charge in [-0.2, -0.15) is 0 Å². The Kier molecular flexibility index (Phi) is 14.3. The first-order valence-electron chi connectivity index (χ1n) is 16.8. The van der Waals surface area contributed by atoms with Gasteiger partial charge in [0, 0.05) is 17.4 Å². The lowest BCUT2D eigenvalue weighted by atomic mass is 9.77. The van der Waals surface area contributed by atoms with Crippen molar-refractivity contribution in [2.24, 2.45) is 17.8 Å². The van der Waals surface area contributed by atoms with Crippen LogP contribution in [0.15, 0.2) is 36.4 Å². The molecular weight excluding hydrogens is 540 g/mol. The van der Waals surface area contributed by atoms with E-state index in [9.17, 15) is 4.79 Å². The zero-order chi connectivity index (χ0) is 30.6. The van der Waals surface area contributed by atoms with E-state index in [0.29, 0.717) is 38.6 Å². The van der Waals surface area contributed by atoms with Gasteiger partial charge in [-0.15, -0.1) is 0 Å². The number of carbonyl (C=O) groups is 1. The van der Waals surface area contributed by atoms with Crippen molar-refractivity contribution in [3.8, 4) is 0 Å². The summed E-state index contributed by atoms with van der Waals surface area (Å²) >= 11 is 0. The van der Waals surface area contributed by atoms with Crippen molar-refractivity contribution in [1.82, 2.24) is 0 Å². The molecule has 0 bridgehead atoms. The molecule has 5 nitrogen and oxygen atoms in total. The summed E-state index contributed by atoms with van der Waals surface area (Å²) in [6.07, 6.45) is 13.2. The zero-order valence-corrected chi connectivity index (χ0v) is 28.7. The van der Waals surface area contributed by atoms with Crippen LogP contribution in [-0.4, -0.2) is 52.9 Å². The van der Waals surface area contributed by atoms with Crippen molar-refractivity contribution >= 4 is 19.2 Å². The summed E-state index contributed by atoms with van der Waals surface area (Å²) in [5.74, 6) is 1.26. The number of ether oxygens (including phenoxy) is 4. The third-order valence-electron chi connectivity index (χ3n) is 9.48. The Morgan fingerprint density at radius 2 is 1.67 bits per heavy atom. The van der Waals surface area contributed by atoms with E-state index in [-0.39, 0.29) is 17.8 Å². The van der Waals surface area contributed by atoms with Crippen LogP contribution in [0.5, 0.6) is 0 Å². The van der Waals surface area contributed by atoms with Gasteiger partial charge in [0.15, 0.2) is 5.79 Å². The van der Waals surface area contributed by atoms with Crippen LogP contribution >= 0.6 is 0 Å². The van der Waals surface area contributed by atoms with Crippen LogP contribution in [0.25, 0.3) is 0 Å². The van der Waals surface area contributed by atoms with E-state index in [2.05, 4.69) is 50.9 Å². The van der Waals surface area contributed by atoms with Gasteiger partial charge >= 0.3 is 5.97 Å². The fraction of sp³-hybridized carbons (Fsp3) is 0.750. The molecule has 1 aromatic rings. The highest BCUT2D eigenvalue weighted by Gasteiger charge is 2.29. The summed E-state index contributed by atoms with van der Waals surface area (Å²) < 4.78 is 23.2. The number of benzene rings is 1. The van der Waals surface area contributed by atoms with Crippen LogP contribution < -0.4 is 5.19 Å². The highest BCUT2D eigenvalue weighted by atomic mass is 28.3. The molecule has 1 aliphatic heterocycles. The molecule has 0 radical (unpaired) electrons. The zero-order valence-electron chi connectivity index (χ0n) is 27.7. The second kappa shape index (κ2) is 17.1. The van der Waals surface area contributed by atoms with Crippen LogP contribution in [0.4, 0.5) is 0 Å². The van der Waals surface area contributed by atoms with Gasteiger partial charge in [0.2, 0.25) is 0 Å². The van der Waals surface area contributed by atoms with Gasteiger partial charge in [-0.3, -0.25) is 0 Å². The van der Waals surface area contributed by atoms with Crippen LogP contribution in [0.3, 0.4) is 0 Å². The van der Waals surface area contributed by atoms with E-state index in [0.717, 1.165) is 24.7 Å². The number of hydrogen-bond donors (Lipinski definition) is 0. The lowest BCUT2D eigenvalue weighted by molar-refractivity contribution is -0.266. The third-order valence-corrected chi connectivity index (χ3v) is 13.0. The predicted octanol–water partition coefficient (Wildman–Crippen LogP) is 8.39. The number of esters is 1. The Balaban J connectivity index is 1.45. The maximum Gasteiger partial charge on any atom is 0.333 e. The Morgan fingerprint density at radius 3 is 2.29 bits per heavy atom. The summed E-state index contributed by atoms with van der Waals surface area (Å²) in [5.41, 5.74) is 1.98. The second-order valence-electron chi connectivity index (χ2n) is 14.3. The molecule has 1 heterocycles. The van der Waals surface area contributed by atoms with Gasteiger partial charge in [-0.1, -0.05) is 94.2 Å². The minimum absolute atomic E-state index is 0.166. The topological polar surface area (TPSA) is 54.0 Å². The normalized spacial score (nSPS) is 22.0. The van der Waals surface area contributed by atoms with Gasteiger partial charge < -0.3 is 18.9 Å². The van der Waals surface area contributed by atoms with Crippen molar-refractivity contribution in [1.29, 1.82) is 0 Å². The molecule has 6 heteroatoms. The van der Waals surface area contributed by atoms with Crippen molar-refractivity contribution in [2.75, 3.05) is 33.0 Å². The highest BCUT2D eigenvalue weighted by molar-refractivity contribution is 6.89. The number of hydrogen-bond acceptors (Lipinski definition) is 5. The fourth-order valence-electron chi connectivity index (χ4n) is 6.41. The van der Waals surface area contributed by atoms with Crippen LogP contribution in [0.1, 0.15) is 103 Å². The average molecular weight is 601 g/mol. The average Bonchev–Trinajstić information content (AvgIpc) is 2.96. The molecule has 42 heavy (non-hydrogen) atoms. The minimum Gasteiger partial charge on any atom is -0.462 e. The summed E-state index contributed by atoms with van der Waals surface area (Å²) in [6, 6.07) is 10.9. The standard InChI is InChI=1S/C36H60O5Si/c1-8-9-10-12-29-14-16-32(17-15-29)33-18-20-34(21-19-33)42(6,7)22-11-13-30(25-39-35(37)28(2)3)23-38-24-31-26-40-36(4,5)41-27-31/h18-21,29-32H,2,8-17,22-27H2,1,3-7H3. The number of carbonyl (C=O) groups excluding carboxylic acids is 1. The van der Waals surface area contributed by atoms with Gasteiger partial charge in [-0.25, -0.2) is 4.79 Å². The molecule has 2 aliphatic rings. The van der Waals surface area contributed by atoms with Gasteiger partial charge in [0.1, 0.15) is 0 Å². The molecular formula is C36H60O5Si. The van der Waals surface area contributed by atoms with E-state index >= 15 is 0 Å².